The monoisotopic (exact) mass is 476 g/mol. The van der Waals surface area contributed by atoms with Crippen LogP contribution in [-0.4, -0.2) is 44.4 Å². The molecule has 1 amide bonds. The summed E-state index contributed by atoms with van der Waals surface area (Å²) in [5.41, 5.74) is 0. The topological polar surface area (TPSA) is 75.7 Å². The molecule has 0 saturated carbocycles. The van der Waals surface area contributed by atoms with Gasteiger partial charge in [-0.05, 0) is 48.9 Å². The molecule has 158 valence electrons. The van der Waals surface area contributed by atoms with Crippen molar-refractivity contribution in [2.45, 2.75) is 35.9 Å². The minimum atomic E-state index is -3.48. The third-order valence-corrected chi connectivity index (χ3v) is 8.54. The van der Waals surface area contributed by atoms with Crippen LogP contribution in [0.1, 0.15) is 25.7 Å². The van der Waals surface area contributed by atoms with Gasteiger partial charge in [-0.3, -0.25) is 4.79 Å². The molecule has 2 aromatic rings. The van der Waals surface area contributed by atoms with E-state index < -0.39 is 10.0 Å². The van der Waals surface area contributed by atoms with Crippen LogP contribution < -0.4 is 10.1 Å². The molecule has 29 heavy (non-hydrogen) atoms. The first kappa shape index (κ1) is 22.4. The van der Waals surface area contributed by atoms with E-state index in [0.717, 1.165) is 19.3 Å². The summed E-state index contributed by atoms with van der Waals surface area (Å²) < 4.78 is 33.1. The second-order valence-electron chi connectivity index (χ2n) is 6.70. The third-order valence-electron chi connectivity index (χ3n) is 4.68. The molecule has 1 atom stereocenters. The largest absolute Gasteiger partial charge is 0.482 e. The standard InChI is InChI=1S/C19H22Cl2N2O4S2/c20-14-6-7-17(16(21)12-14)27-13-18(24)22-9-8-15-4-1-2-10-23(15)29(25,26)19-5-3-11-28-19/h3,5-7,11-12,15H,1-2,4,8-10,13H2,(H,22,24). The first-order valence-electron chi connectivity index (χ1n) is 9.28. The van der Waals surface area contributed by atoms with E-state index in [0.29, 0.717) is 39.5 Å². The number of carbonyl (C=O) groups excluding carboxylic acids is 1. The van der Waals surface area contributed by atoms with Gasteiger partial charge in [-0.2, -0.15) is 4.31 Å². The van der Waals surface area contributed by atoms with Gasteiger partial charge in [0.05, 0.1) is 5.02 Å². The summed E-state index contributed by atoms with van der Waals surface area (Å²) in [5.74, 6) is 0.0891. The maximum absolute atomic E-state index is 12.9. The van der Waals surface area contributed by atoms with Gasteiger partial charge in [0.1, 0.15) is 9.96 Å². The van der Waals surface area contributed by atoms with Crippen molar-refractivity contribution < 1.29 is 17.9 Å². The number of piperidine rings is 1. The van der Waals surface area contributed by atoms with Crippen LogP contribution in [0.4, 0.5) is 0 Å². The molecule has 1 N–H and O–H groups in total. The summed E-state index contributed by atoms with van der Waals surface area (Å²) in [4.78, 5) is 12.1. The summed E-state index contributed by atoms with van der Waals surface area (Å²) in [6, 6.07) is 8.03. The highest BCUT2D eigenvalue weighted by Crippen LogP contribution is 2.29. The van der Waals surface area contributed by atoms with Crippen molar-refractivity contribution in [1.29, 1.82) is 0 Å². The number of hydrogen-bond acceptors (Lipinski definition) is 5. The van der Waals surface area contributed by atoms with Crippen molar-refractivity contribution in [3.8, 4) is 5.75 Å². The minimum absolute atomic E-state index is 0.122. The van der Waals surface area contributed by atoms with Crippen LogP contribution in [0, 0.1) is 0 Å². The molecular formula is C19H22Cl2N2O4S2. The van der Waals surface area contributed by atoms with Crippen molar-refractivity contribution in [1.82, 2.24) is 9.62 Å². The normalized spacial score (nSPS) is 17.8. The second-order valence-corrected chi connectivity index (χ2v) is 10.6. The maximum atomic E-state index is 12.9. The number of ether oxygens (including phenoxy) is 1. The zero-order chi connectivity index (χ0) is 20.9. The summed E-state index contributed by atoms with van der Waals surface area (Å²) in [7, 11) is -3.48. The van der Waals surface area contributed by atoms with Gasteiger partial charge >= 0.3 is 0 Å². The molecule has 1 aliphatic heterocycles. The average Bonchev–Trinajstić information content (AvgIpc) is 3.23. The number of halogens is 2. The Hall–Kier alpha value is -1.32. The molecule has 0 bridgehead atoms. The van der Waals surface area contributed by atoms with E-state index in [4.69, 9.17) is 27.9 Å². The Kier molecular flexibility index (Phi) is 7.81. The number of thiophene rings is 1. The summed E-state index contributed by atoms with van der Waals surface area (Å²) in [5, 5.41) is 5.37. The van der Waals surface area contributed by atoms with Crippen LogP contribution in [-0.2, 0) is 14.8 Å². The van der Waals surface area contributed by atoms with Crippen LogP contribution >= 0.6 is 34.5 Å². The van der Waals surface area contributed by atoms with Crippen LogP contribution in [0.15, 0.2) is 39.9 Å². The molecule has 3 rings (SSSR count). The molecule has 2 heterocycles. The van der Waals surface area contributed by atoms with Gasteiger partial charge in [-0.1, -0.05) is 35.7 Å². The Morgan fingerprint density at radius 1 is 1.28 bits per heavy atom. The summed E-state index contributed by atoms with van der Waals surface area (Å²) in [6.45, 7) is 0.706. The first-order chi connectivity index (χ1) is 13.9. The van der Waals surface area contributed by atoms with Crippen molar-refractivity contribution in [2.24, 2.45) is 0 Å². The number of benzene rings is 1. The molecule has 0 aliphatic carbocycles. The molecule has 1 aromatic heterocycles. The lowest BCUT2D eigenvalue weighted by atomic mass is 10.0. The Balaban J connectivity index is 1.50. The van der Waals surface area contributed by atoms with Crippen molar-refractivity contribution in [2.75, 3.05) is 19.7 Å². The Bertz CT molecular complexity index is 936. The molecule has 1 unspecified atom stereocenters. The lowest BCUT2D eigenvalue weighted by molar-refractivity contribution is -0.123. The van der Waals surface area contributed by atoms with Crippen molar-refractivity contribution >= 4 is 50.5 Å². The van der Waals surface area contributed by atoms with Crippen LogP contribution in [0.3, 0.4) is 0 Å². The molecule has 1 aromatic carbocycles. The van der Waals surface area contributed by atoms with E-state index in [2.05, 4.69) is 5.32 Å². The number of amides is 1. The van der Waals surface area contributed by atoms with E-state index in [1.807, 2.05) is 0 Å². The quantitative estimate of drug-likeness (QED) is 0.619. The molecule has 0 spiro atoms. The predicted octanol–water partition coefficient (Wildman–Crippen LogP) is 4.18. The molecule has 6 nitrogen and oxygen atoms in total. The second kappa shape index (κ2) is 10.1. The molecule has 0 radical (unpaired) electrons. The zero-order valence-electron chi connectivity index (χ0n) is 15.6. The van der Waals surface area contributed by atoms with E-state index in [1.165, 1.54) is 11.3 Å². The summed E-state index contributed by atoms with van der Waals surface area (Å²) >= 11 is 13.1. The fourth-order valence-corrected chi connectivity index (χ4v) is 6.58. The Morgan fingerprint density at radius 2 is 2.10 bits per heavy atom. The van der Waals surface area contributed by atoms with E-state index >= 15 is 0 Å². The van der Waals surface area contributed by atoms with Crippen molar-refractivity contribution in [3.05, 3.63) is 45.8 Å². The number of nitrogens with zero attached hydrogens (tertiary/aromatic N) is 1. The van der Waals surface area contributed by atoms with E-state index in [-0.39, 0.29) is 18.6 Å². The molecule has 1 aliphatic rings. The SMILES string of the molecule is O=C(COc1ccc(Cl)cc1Cl)NCCC1CCCCN1S(=O)(=O)c1cccs1. The fraction of sp³-hybridized carbons (Fsp3) is 0.421. The highest BCUT2D eigenvalue weighted by atomic mass is 35.5. The highest BCUT2D eigenvalue weighted by Gasteiger charge is 2.33. The van der Waals surface area contributed by atoms with E-state index in [1.54, 1.807) is 40.0 Å². The number of carbonyl (C=O) groups is 1. The van der Waals surface area contributed by atoms with Gasteiger partial charge in [0.2, 0.25) is 0 Å². The zero-order valence-corrected chi connectivity index (χ0v) is 18.8. The van der Waals surface area contributed by atoms with Gasteiger partial charge in [0.25, 0.3) is 15.9 Å². The first-order valence-corrected chi connectivity index (χ1v) is 12.4. The fourth-order valence-electron chi connectivity index (χ4n) is 3.27. The minimum Gasteiger partial charge on any atom is -0.482 e. The van der Waals surface area contributed by atoms with E-state index in [9.17, 15) is 13.2 Å². The van der Waals surface area contributed by atoms with Gasteiger partial charge < -0.3 is 10.1 Å². The number of rotatable bonds is 8. The summed E-state index contributed by atoms with van der Waals surface area (Å²) in [6.07, 6.45) is 3.17. The lowest BCUT2D eigenvalue weighted by Gasteiger charge is -2.34. The number of nitrogens with one attached hydrogen (secondary N) is 1. The smallest absolute Gasteiger partial charge is 0.257 e. The number of hydrogen-bond donors (Lipinski definition) is 1. The molecular weight excluding hydrogens is 455 g/mol. The predicted molar refractivity (Wildman–Crippen MR) is 115 cm³/mol. The van der Waals surface area contributed by atoms with Crippen LogP contribution in [0.25, 0.3) is 0 Å². The lowest BCUT2D eigenvalue weighted by Crippen LogP contribution is -2.45. The molecule has 1 fully saturated rings. The maximum Gasteiger partial charge on any atom is 0.257 e. The Labute approximate surface area is 184 Å². The van der Waals surface area contributed by atoms with Crippen LogP contribution in [0.5, 0.6) is 5.75 Å². The molecule has 10 heteroatoms. The van der Waals surface area contributed by atoms with Gasteiger partial charge in [-0.25, -0.2) is 8.42 Å². The van der Waals surface area contributed by atoms with Gasteiger partial charge in [0.15, 0.2) is 6.61 Å². The Morgan fingerprint density at radius 3 is 2.83 bits per heavy atom. The highest BCUT2D eigenvalue weighted by molar-refractivity contribution is 7.91. The van der Waals surface area contributed by atoms with Gasteiger partial charge in [0, 0.05) is 24.2 Å². The third kappa shape index (κ3) is 5.86. The van der Waals surface area contributed by atoms with Gasteiger partial charge in [-0.15, -0.1) is 11.3 Å². The van der Waals surface area contributed by atoms with Crippen molar-refractivity contribution in [3.63, 3.8) is 0 Å². The van der Waals surface area contributed by atoms with Crippen LogP contribution in [0.2, 0.25) is 10.0 Å². The average molecular weight is 477 g/mol. The number of sulfonamides is 1. The molecule has 1 saturated heterocycles.